The SMILES string of the molecule is O=C(c1ccco1)N1CCO[C@@H]2[C@H](COc3ncccn3)CC[C@H]21. The van der Waals surface area contributed by atoms with Crippen LogP contribution in [0.25, 0.3) is 0 Å². The van der Waals surface area contributed by atoms with Crippen molar-refractivity contribution >= 4 is 5.91 Å². The standard InChI is InChI=1S/C17H19N3O4/c21-16(14-3-1-9-22-14)20-8-10-23-15-12(4-5-13(15)20)11-24-17-18-6-2-7-19-17/h1-3,6-7,9,12-13,15H,4-5,8,10-11H2/t12-,13+,15+/m0/s1. The molecule has 24 heavy (non-hydrogen) atoms. The summed E-state index contributed by atoms with van der Waals surface area (Å²) in [5, 5.41) is 0. The number of fused-ring (bicyclic) bond motifs is 1. The van der Waals surface area contributed by atoms with E-state index in [1.165, 1.54) is 6.26 Å². The molecule has 3 heterocycles. The van der Waals surface area contributed by atoms with Crippen molar-refractivity contribution in [3.8, 4) is 6.01 Å². The van der Waals surface area contributed by atoms with E-state index in [0.29, 0.717) is 31.5 Å². The van der Waals surface area contributed by atoms with Crippen LogP contribution in [-0.4, -0.2) is 52.7 Å². The summed E-state index contributed by atoms with van der Waals surface area (Å²) in [6, 6.07) is 5.63. The Morgan fingerprint density at radius 2 is 2.17 bits per heavy atom. The summed E-state index contributed by atoms with van der Waals surface area (Å²) in [6.07, 6.45) is 6.67. The van der Waals surface area contributed by atoms with Crippen LogP contribution in [0.4, 0.5) is 0 Å². The molecule has 2 aromatic rings. The molecule has 7 nitrogen and oxygen atoms in total. The molecule has 0 radical (unpaired) electrons. The van der Waals surface area contributed by atoms with Gasteiger partial charge in [0, 0.05) is 24.9 Å². The lowest BCUT2D eigenvalue weighted by Crippen LogP contribution is -2.53. The molecule has 0 N–H and O–H groups in total. The predicted octanol–water partition coefficient (Wildman–Crippen LogP) is 1.77. The molecule has 2 aliphatic rings. The highest BCUT2D eigenvalue weighted by atomic mass is 16.5. The summed E-state index contributed by atoms with van der Waals surface area (Å²) in [6.45, 7) is 1.62. The number of nitrogens with zero attached hydrogens (tertiary/aromatic N) is 3. The van der Waals surface area contributed by atoms with E-state index in [4.69, 9.17) is 13.9 Å². The van der Waals surface area contributed by atoms with E-state index in [1.807, 2.05) is 4.90 Å². The summed E-state index contributed by atoms with van der Waals surface area (Å²) >= 11 is 0. The molecule has 0 spiro atoms. The fraction of sp³-hybridized carbons (Fsp3) is 0.471. The maximum absolute atomic E-state index is 12.6. The zero-order chi connectivity index (χ0) is 16.4. The van der Waals surface area contributed by atoms with Gasteiger partial charge in [-0.1, -0.05) is 0 Å². The van der Waals surface area contributed by atoms with Gasteiger partial charge < -0.3 is 18.8 Å². The largest absolute Gasteiger partial charge is 0.463 e. The summed E-state index contributed by atoms with van der Waals surface area (Å²) in [7, 11) is 0. The third-order valence-corrected chi connectivity index (χ3v) is 4.68. The first-order valence-electron chi connectivity index (χ1n) is 8.19. The highest BCUT2D eigenvalue weighted by Gasteiger charge is 2.45. The van der Waals surface area contributed by atoms with E-state index in [-0.39, 0.29) is 24.0 Å². The van der Waals surface area contributed by atoms with Crippen LogP contribution in [0, 0.1) is 5.92 Å². The monoisotopic (exact) mass is 329 g/mol. The minimum Gasteiger partial charge on any atom is -0.463 e. The number of carbonyl (C=O) groups excluding carboxylic acids is 1. The second-order valence-electron chi connectivity index (χ2n) is 6.06. The van der Waals surface area contributed by atoms with Gasteiger partial charge in [-0.25, -0.2) is 9.97 Å². The van der Waals surface area contributed by atoms with Gasteiger partial charge in [0.1, 0.15) is 0 Å². The number of rotatable bonds is 4. The normalized spacial score (nSPS) is 26.2. The smallest absolute Gasteiger partial charge is 0.316 e. The topological polar surface area (TPSA) is 77.7 Å². The van der Waals surface area contributed by atoms with Gasteiger partial charge in [0.2, 0.25) is 0 Å². The molecule has 0 aromatic carbocycles. The number of hydrogen-bond donors (Lipinski definition) is 0. The minimum absolute atomic E-state index is 0.0126. The van der Waals surface area contributed by atoms with Crippen LogP contribution >= 0.6 is 0 Å². The van der Waals surface area contributed by atoms with E-state index in [0.717, 1.165) is 12.8 Å². The Kier molecular flexibility index (Phi) is 4.17. The number of furan rings is 1. The van der Waals surface area contributed by atoms with Gasteiger partial charge in [0.05, 0.1) is 31.6 Å². The van der Waals surface area contributed by atoms with Crippen LogP contribution in [0.1, 0.15) is 23.4 Å². The zero-order valence-electron chi connectivity index (χ0n) is 13.2. The molecule has 1 aliphatic carbocycles. The van der Waals surface area contributed by atoms with E-state index in [2.05, 4.69) is 9.97 Å². The maximum atomic E-state index is 12.6. The van der Waals surface area contributed by atoms with E-state index in [9.17, 15) is 4.79 Å². The van der Waals surface area contributed by atoms with Crippen LogP contribution in [0.5, 0.6) is 6.01 Å². The molecule has 1 saturated heterocycles. The molecule has 7 heteroatoms. The Labute approximate surface area is 139 Å². The Morgan fingerprint density at radius 1 is 1.29 bits per heavy atom. The van der Waals surface area contributed by atoms with Crippen molar-refractivity contribution in [3.05, 3.63) is 42.6 Å². The second kappa shape index (κ2) is 6.60. The number of ether oxygens (including phenoxy) is 2. The molecular weight excluding hydrogens is 310 g/mol. The molecule has 0 bridgehead atoms. The predicted molar refractivity (Wildman–Crippen MR) is 83.5 cm³/mol. The summed E-state index contributed by atoms with van der Waals surface area (Å²) in [4.78, 5) is 22.6. The fourth-order valence-electron chi connectivity index (χ4n) is 3.57. The van der Waals surface area contributed by atoms with Crippen molar-refractivity contribution in [1.82, 2.24) is 14.9 Å². The van der Waals surface area contributed by atoms with Gasteiger partial charge >= 0.3 is 6.01 Å². The molecule has 0 unspecified atom stereocenters. The zero-order valence-corrected chi connectivity index (χ0v) is 13.2. The van der Waals surface area contributed by atoms with E-state index < -0.39 is 0 Å². The van der Waals surface area contributed by atoms with Crippen molar-refractivity contribution in [2.24, 2.45) is 5.92 Å². The quantitative estimate of drug-likeness (QED) is 0.851. The highest BCUT2D eigenvalue weighted by Crippen LogP contribution is 2.35. The van der Waals surface area contributed by atoms with Crippen molar-refractivity contribution in [2.75, 3.05) is 19.8 Å². The van der Waals surface area contributed by atoms with Gasteiger partial charge in [0.15, 0.2) is 5.76 Å². The summed E-state index contributed by atoms with van der Waals surface area (Å²) in [5.41, 5.74) is 0. The number of morpholine rings is 1. The molecule has 4 rings (SSSR count). The van der Waals surface area contributed by atoms with Crippen LogP contribution < -0.4 is 4.74 Å². The molecule has 3 atom stereocenters. The number of hydrogen-bond acceptors (Lipinski definition) is 6. The lowest BCUT2D eigenvalue weighted by atomic mass is 10.0. The molecule has 1 amide bonds. The Morgan fingerprint density at radius 3 is 2.96 bits per heavy atom. The third kappa shape index (κ3) is 2.87. The van der Waals surface area contributed by atoms with Gasteiger partial charge in [0.25, 0.3) is 5.91 Å². The average Bonchev–Trinajstić information content (AvgIpc) is 3.30. The Hall–Kier alpha value is -2.41. The number of amides is 1. The van der Waals surface area contributed by atoms with Gasteiger partial charge in [-0.2, -0.15) is 0 Å². The molecule has 1 saturated carbocycles. The highest BCUT2D eigenvalue weighted by molar-refractivity contribution is 5.91. The van der Waals surface area contributed by atoms with Crippen LogP contribution in [0.3, 0.4) is 0 Å². The van der Waals surface area contributed by atoms with Crippen molar-refractivity contribution in [3.63, 3.8) is 0 Å². The lowest BCUT2D eigenvalue weighted by molar-refractivity contribution is -0.0689. The van der Waals surface area contributed by atoms with Gasteiger partial charge in [-0.3, -0.25) is 4.79 Å². The average molecular weight is 329 g/mol. The van der Waals surface area contributed by atoms with Crippen LogP contribution in [-0.2, 0) is 4.74 Å². The second-order valence-corrected chi connectivity index (χ2v) is 6.06. The van der Waals surface area contributed by atoms with E-state index in [1.54, 1.807) is 30.6 Å². The van der Waals surface area contributed by atoms with Crippen molar-refractivity contribution < 1.29 is 18.7 Å². The minimum atomic E-state index is -0.0636. The lowest BCUT2D eigenvalue weighted by Gasteiger charge is -2.38. The molecule has 2 aromatic heterocycles. The Bertz CT molecular complexity index is 676. The number of aromatic nitrogens is 2. The first kappa shape index (κ1) is 15.1. The molecule has 126 valence electrons. The third-order valence-electron chi connectivity index (χ3n) is 4.68. The van der Waals surface area contributed by atoms with Crippen LogP contribution in [0.2, 0.25) is 0 Å². The Balaban J connectivity index is 1.42. The van der Waals surface area contributed by atoms with Crippen molar-refractivity contribution in [1.29, 1.82) is 0 Å². The first-order valence-corrected chi connectivity index (χ1v) is 8.19. The van der Waals surface area contributed by atoms with Gasteiger partial charge in [-0.05, 0) is 31.0 Å². The van der Waals surface area contributed by atoms with Crippen molar-refractivity contribution in [2.45, 2.75) is 25.0 Å². The number of carbonyl (C=O) groups is 1. The summed E-state index contributed by atoms with van der Waals surface area (Å²) in [5.74, 6) is 0.547. The van der Waals surface area contributed by atoms with Gasteiger partial charge in [-0.15, -0.1) is 0 Å². The molecule has 1 aliphatic heterocycles. The molecular formula is C17H19N3O4. The van der Waals surface area contributed by atoms with Crippen LogP contribution in [0.15, 0.2) is 41.3 Å². The maximum Gasteiger partial charge on any atom is 0.316 e. The molecule has 2 fully saturated rings. The van der Waals surface area contributed by atoms with E-state index >= 15 is 0 Å². The summed E-state index contributed by atoms with van der Waals surface area (Å²) < 4.78 is 16.9. The fourth-order valence-corrected chi connectivity index (χ4v) is 3.57. The first-order chi connectivity index (χ1) is 11.8.